The summed E-state index contributed by atoms with van der Waals surface area (Å²) >= 11 is 0. The Bertz CT molecular complexity index is 698. The van der Waals surface area contributed by atoms with Gasteiger partial charge in [-0.15, -0.1) is 0 Å². The second-order valence-corrected chi connectivity index (χ2v) is 6.20. The maximum atomic E-state index is 12.4. The third-order valence-corrected chi connectivity index (χ3v) is 4.01. The molecule has 0 aromatic carbocycles. The first-order valence-electron chi connectivity index (χ1n) is 7.98. The van der Waals surface area contributed by atoms with Gasteiger partial charge in [0.1, 0.15) is 0 Å². The summed E-state index contributed by atoms with van der Waals surface area (Å²) in [6.45, 7) is 2.00. The van der Waals surface area contributed by atoms with Gasteiger partial charge in [0.2, 0.25) is 5.95 Å². The fraction of sp³-hybridized carbons (Fsp3) is 0.471. The lowest BCUT2D eigenvalue weighted by Crippen LogP contribution is -2.17. The number of halogens is 3. The number of nitrogens with zero attached hydrogens (tertiary/aromatic N) is 3. The minimum Gasteiger partial charge on any atom is -0.346 e. The molecule has 0 radical (unpaired) electrons. The van der Waals surface area contributed by atoms with E-state index in [0.29, 0.717) is 17.6 Å². The van der Waals surface area contributed by atoms with E-state index in [1.54, 1.807) is 6.20 Å². The molecular weight excluding hydrogens is 317 g/mol. The number of aromatic nitrogens is 3. The van der Waals surface area contributed by atoms with Gasteiger partial charge in [-0.05, 0) is 55.9 Å². The van der Waals surface area contributed by atoms with Crippen molar-refractivity contribution in [3.05, 3.63) is 47.5 Å². The first-order valence-corrected chi connectivity index (χ1v) is 7.98. The van der Waals surface area contributed by atoms with Gasteiger partial charge in [-0.2, -0.15) is 13.2 Å². The number of hydrogen-bond acceptors (Lipinski definition) is 4. The van der Waals surface area contributed by atoms with Crippen molar-refractivity contribution in [3.63, 3.8) is 0 Å². The molecule has 0 unspecified atom stereocenters. The zero-order valence-corrected chi connectivity index (χ0v) is 13.3. The summed E-state index contributed by atoms with van der Waals surface area (Å²) in [7, 11) is 0. The second-order valence-electron chi connectivity index (χ2n) is 6.20. The Morgan fingerprint density at radius 1 is 1.21 bits per heavy atom. The van der Waals surface area contributed by atoms with E-state index in [1.165, 1.54) is 12.3 Å². The van der Waals surface area contributed by atoms with E-state index in [-0.39, 0.29) is 12.5 Å². The molecule has 1 aliphatic carbocycles. The third-order valence-electron chi connectivity index (χ3n) is 4.01. The topological polar surface area (TPSA) is 50.7 Å². The van der Waals surface area contributed by atoms with Crippen LogP contribution in [0.25, 0.3) is 0 Å². The number of rotatable bonds is 6. The van der Waals surface area contributed by atoms with Gasteiger partial charge in [0, 0.05) is 24.5 Å². The molecule has 1 atom stereocenters. The van der Waals surface area contributed by atoms with Crippen molar-refractivity contribution in [3.8, 4) is 0 Å². The number of pyridine rings is 1. The smallest absolute Gasteiger partial charge is 0.346 e. The van der Waals surface area contributed by atoms with Crippen LogP contribution in [-0.2, 0) is 6.42 Å². The van der Waals surface area contributed by atoms with Gasteiger partial charge in [0.25, 0.3) is 0 Å². The summed E-state index contributed by atoms with van der Waals surface area (Å²) in [4.78, 5) is 12.8. The monoisotopic (exact) mass is 336 g/mol. The minimum atomic E-state index is -4.18. The Labute approximate surface area is 138 Å². The molecule has 2 aromatic heterocycles. The Kier molecular flexibility index (Phi) is 4.69. The molecule has 0 saturated heterocycles. The van der Waals surface area contributed by atoms with E-state index >= 15 is 0 Å². The normalized spacial score (nSPS) is 16.0. The Morgan fingerprint density at radius 3 is 2.62 bits per heavy atom. The van der Waals surface area contributed by atoms with Crippen molar-refractivity contribution in [1.29, 1.82) is 0 Å². The Morgan fingerprint density at radius 2 is 1.96 bits per heavy atom. The summed E-state index contributed by atoms with van der Waals surface area (Å²) in [5.74, 6) is 0.816. The van der Waals surface area contributed by atoms with Gasteiger partial charge < -0.3 is 5.32 Å². The van der Waals surface area contributed by atoms with Crippen LogP contribution in [0.4, 0.5) is 19.1 Å². The lowest BCUT2D eigenvalue weighted by molar-refractivity contribution is -0.134. The molecule has 2 aromatic rings. The molecule has 0 amide bonds. The molecule has 0 bridgehead atoms. The van der Waals surface area contributed by atoms with Gasteiger partial charge in [-0.25, -0.2) is 9.97 Å². The summed E-state index contributed by atoms with van der Waals surface area (Å²) in [5, 5.41) is 3.26. The molecular formula is C17H19F3N4. The molecule has 0 aliphatic heterocycles. The number of hydrogen-bond donors (Lipinski definition) is 1. The molecule has 24 heavy (non-hydrogen) atoms. The second kappa shape index (κ2) is 6.75. The fourth-order valence-corrected chi connectivity index (χ4v) is 2.61. The average Bonchev–Trinajstić information content (AvgIpc) is 3.35. The summed E-state index contributed by atoms with van der Waals surface area (Å²) in [6.07, 6.45) is 0.256. The van der Waals surface area contributed by atoms with Crippen LogP contribution in [-0.4, -0.2) is 21.1 Å². The maximum Gasteiger partial charge on any atom is 0.389 e. The van der Waals surface area contributed by atoms with Gasteiger partial charge in [-0.3, -0.25) is 4.98 Å². The first-order chi connectivity index (χ1) is 11.4. The minimum absolute atomic E-state index is 0.0113. The van der Waals surface area contributed by atoms with Gasteiger partial charge >= 0.3 is 6.18 Å². The maximum absolute atomic E-state index is 12.4. The van der Waals surface area contributed by atoms with E-state index in [4.69, 9.17) is 0 Å². The highest BCUT2D eigenvalue weighted by Crippen LogP contribution is 2.42. The first kappa shape index (κ1) is 16.7. The van der Waals surface area contributed by atoms with Crippen molar-refractivity contribution in [2.75, 3.05) is 5.32 Å². The van der Waals surface area contributed by atoms with E-state index in [0.717, 1.165) is 24.1 Å². The van der Waals surface area contributed by atoms with Crippen LogP contribution < -0.4 is 5.32 Å². The number of aryl methyl sites for hydroxylation is 2. The summed E-state index contributed by atoms with van der Waals surface area (Å²) in [5.41, 5.74) is 2.42. The highest BCUT2D eigenvalue weighted by Gasteiger charge is 2.34. The largest absolute Gasteiger partial charge is 0.389 e. The van der Waals surface area contributed by atoms with Crippen LogP contribution in [0.2, 0.25) is 0 Å². The average molecular weight is 336 g/mol. The van der Waals surface area contributed by atoms with Crippen molar-refractivity contribution in [2.24, 2.45) is 5.92 Å². The van der Waals surface area contributed by atoms with Crippen molar-refractivity contribution in [1.82, 2.24) is 15.0 Å². The number of alkyl halides is 3. The molecule has 1 N–H and O–H groups in total. The summed E-state index contributed by atoms with van der Waals surface area (Å²) < 4.78 is 37.1. The molecule has 1 fully saturated rings. The predicted molar refractivity (Wildman–Crippen MR) is 84.5 cm³/mol. The van der Waals surface area contributed by atoms with Crippen LogP contribution in [0.3, 0.4) is 0 Å². The molecule has 0 spiro atoms. The highest BCUT2D eigenvalue weighted by atomic mass is 19.4. The van der Waals surface area contributed by atoms with Crippen LogP contribution in [0.1, 0.15) is 42.3 Å². The molecule has 128 valence electrons. The van der Waals surface area contributed by atoms with E-state index in [9.17, 15) is 13.2 Å². The molecule has 7 heteroatoms. The zero-order chi connectivity index (χ0) is 17.2. The molecule has 4 nitrogen and oxygen atoms in total. The van der Waals surface area contributed by atoms with Crippen LogP contribution >= 0.6 is 0 Å². The van der Waals surface area contributed by atoms with Crippen LogP contribution in [0.5, 0.6) is 0 Å². The summed E-state index contributed by atoms with van der Waals surface area (Å²) in [6, 6.07) is 5.46. The van der Waals surface area contributed by atoms with Crippen molar-refractivity contribution < 1.29 is 13.2 Å². The van der Waals surface area contributed by atoms with Gasteiger partial charge in [0.15, 0.2) is 0 Å². The molecule has 3 rings (SSSR count). The fourth-order valence-electron chi connectivity index (χ4n) is 2.61. The van der Waals surface area contributed by atoms with Gasteiger partial charge in [0.05, 0.1) is 11.7 Å². The van der Waals surface area contributed by atoms with Gasteiger partial charge in [-0.1, -0.05) is 0 Å². The SMILES string of the molecule is Cc1ccnc([C@@H](Nc2nccc(CCC(F)(F)F)n2)C2CC2)c1. The number of nitrogens with one attached hydrogen (secondary N) is 1. The van der Waals surface area contributed by atoms with E-state index in [1.807, 2.05) is 19.1 Å². The van der Waals surface area contributed by atoms with Crippen molar-refractivity contribution in [2.45, 2.75) is 44.8 Å². The Balaban J connectivity index is 1.73. The predicted octanol–water partition coefficient (Wildman–Crippen LogP) is 4.24. The molecule has 2 heterocycles. The van der Waals surface area contributed by atoms with Crippen LogP contribution in [0.15, 0.2) is 30.6 Å². The lowest BCUT2D eigenvalue weighted by Gasteiger charge is -2.18. The van der Waals surface area contributed by atoms with E-state index in [2.05, 4.69) is 20.3 Å². The highest BCUT2D eigenvalue weighted by molar-refractivity contribution is 5.32. The standard InChI is InChI=1S/C17H19F3N4/c1-11-5-8-21-14(10-11)15(12-2-3-12)24-16-22-9-6-13(23-16)4-7-17(18,19)20/h5-6,8-10,12,15H,2-4,7H2,1H3,(H,22,23,24)/t15-/m0/s1. The van der Waals surface area contributed by atoms with Crippen LogP contribution in [0, 0.1) is 12.8 Å². The molecule has 1 aliphatic rings. The Hall–Kier alpha value is -2.18. The van der Waals surface area contributed by atoms with Crippen molar-refractivity contribution >= 4 is 5.95 Å². The number of anilines is 1. The lowest BCUT2D eigenvalue weighted by atomic mass is 10.1. The zero-order valence-electron chi connectivity index (χ0n) is 13.3. The van der Waals surface area contributed by atoms with E-state index < -0.39 is 12.6 Å². The quantitative estimate of drug-likeness (QED) is 0.857. The third kappa shape index (κ3) is 4.66. The molecule has 1 saturated carbocycles.